The Balaban J connectivity index is 2.41. The minimum absolute atomic E-state index is 0.108. The molecule has 0 amide bonds. The van der Waals surface area contributed by atoms with E-state index in [0.717, 1.165) is 0 Å². The van der Waals surface area contributed by atoms with E-state index in [2.05, 4.69) is 15.3 Å². The van der Waals surface area contributed by atoms with Gasteiger partial charge in [-0.25, -0.2) is 9.97 Å². The second kappa shape index (κ2) is 5.00. The molecule has 1 aromatic carbocycles. The number of aromatic nitrogens is 2. The Morgan fingerprint density at radius 3 is 2.65 bits per heavy atom. The van der Waals surface area contributed by atoms with Crippen molar-refractivity contribution in [3.8, 4) is 6.07 Å². The lowest BCUT2D eigenvalue weighted by Gasteiger charge is -2.08. The Kier molecular flexibility index (Phi) is 3.43. The van der Waals surface area contributed by atoms with Crippen molar-refractivity contribution >= 4 is 34.7 Å². The molecule has 0 atom stereocenters. The van der Waals surface area contributed by atoms with Gasteiger partial charge in [0.25, 0.3) is 0 Å². The van der Waals surface area contributed by atoms with Crippen LogP contribution >= 0.6 is 23.2 Å². The van der Waals surface area contributed by atoms with E-state index in [1.807, 2.05) is 18.2 Å². The molecule has 0 spiro atoms. The summed E-state index contributed by atoms with van der Waals surface area (Å²) in [5.41, 5.74) is 0.842. The fourth-order valence-electron chi connectivity index (χ4n) is 1.25. The molecule has 84 valence electrons. The fraction of sp³-hybridized carbons (Fsp3) is 0. The van der Waals surface area contributed by atoms with Crippen LogP contribution in [-0.2, 0) is 0 Å². The van der Waals surface area contributed by atoms with E-state index in [0.29, 0.717) is 16.5 Å². The van der Waals surface area contributed by atoms with E-state index in [4.69, 9.17) is 28.5 Å². The van der Waals surface area contributed by atoms with Crippen LogP contribution in [0.15, 0.2) is 30.6 Å². The van der Waals surface area contributed by atoms with Gasteiger partial charge in [0.15, 0.2) is 11.0 Å². The highest BCUT2D eigenvalue weighted by Gasteiger charge is 2.10. The molecule has 0 aliphatic rings. The van der Waals surface area contributed by atoms with Crippen molar-refractivity contribution < 1.29 is 0 Å². The van der Waals surface area contributed by atoms with Crippen molar-refractivity contribution in [1.29, 1.82) is 5.26 Å². The molecule has 6 heteroatoms. The quantitative estimate of drug-likeness (QED) is 0.845. The van der Waals surface area contributed by atoms with Gasteiger partial charge in [0.05, 0.1) is 10.7 Å². The smallest absolute Gasteiger partial charge is 0.153 e. The minimum Gasteiger partial charge on any atom is -0.338 e. The number of nitrogens with one attached hydrogen (secondary N) is 1. The molecule has 0 unspecified atom stereocenters. The Bertz CT molecular complexity index is 592. The summed E-state index contributed by atoms with van der Waals surface area (Å²) in [7, 11) is 0. The summed E-state index contributed by atoms with van der Waals surface area (Å²) in [5.74, 6) is 0.334. The standard InChI is InChI=1S/C11H6Cl2N4/c12-8-3-1-2-4-9(8)17-11-7(5-14)10(13)15-6-16-11/h1-4,6H,(H,15,16,17). The first kappa shape index (κ1) is 11.6. The first-order valence-electron chi connectivity index (χ1n) is 4.64. The molecule has 17 heavy (non-hydrogen) atoms. The zero-order valence-corrected chi connectivity index (χ0v) is 10.00. The summed E-state index contributed by atoms with van der Waals surface area (Å²) in [6, 6.07) is 9.09. The van der Waals surface area contributed by atoms with Crippen LogP contribution in [0.5, 0.6) is 0 Å². The molecule has 2 aromatic rings. The summed E-state index contributed by atoms with van der Waals surface area (Å²) >= 11 is 11.8. The molecule has 0 aliphatic carbocycles. The zero-order chi connectivity index (χ0) is 12.3. The van der Waals surface area contributed by atoms with E-state index in [1.54, 1.807) is 12.1 Å². The zero-order valence-electron chi connectivity index (χ0n) is 8.48. The molecule has 0 saturated carbocycles. The topological polar surface area (TPSA) is 61.6 Å². The van der Waals surface area contributed by atoms with Crippen LogP contribution < -0.4 is 5.32 Å². The van der Waals surface area contributed by atoms with Crippen LogP contribution in [0.3, 0.4) is 0 Å². The molecule has 0 saturated heterocycles. The SMILES string of the molecule is N#Cc1c(Cl)ncnc1Nc1ccccc1Cl. The van der Waals surface area contributed by atoms with Crippen LogP contribution in [0, 0.1) is 11.3 Å². The number of rotatable bonds is 2. The fourth-order valence-corrected chi connectivity index (χ4v) is 1.61. The number of halogens is 2. The highest BCUT2D eigenvalue weighted by atomic mass is 35.5. The van der Waals surface area contributed by atoms with Crippen molar-refractivity contribution in [1.82, 2.24) is 9.97 Å². The van der Waals surface area contributed by atoms with Crippen molar-refractivity contribution in [2.75, 3.05) is 5.32 Å². The molecular weight excluding hydrogens is 259 g/mol. The van der Waals surface area contributed by atoms with E-state index < -0.39 is 0 Å². The van der Waals surface area contributed by atoms with Gasteiger partial charge in [0, 0.05) is 0 Å². The van der Waals surface area contributed by atoms with Crippen molar-refractivity contribution in [2.24, 2.45) is 0 Å². The van der Waals surface area contributed by atoms with Gasteiger partial charge in [-0.15, -0.1) is 0 Å². The monoisotopic (exact) mass is 264 g/mol. The minimum atomic E-state index is 0.108. The largest absolute Gasteiger partial charge is 0.338 e. The lowest BCUT2D eigenvalue weighted by Crippen LogP contribution is -1.99. The lowest BCUT2D eigenvalue weighted by molar-refractivity contribution is 1.15. The van der Waals surface area contributed by atoms with Crippen LogP contribution in [0.25, 0.3) is 0 Å². The average Bonchev–Trinajstić information content (AvgIpc) is 2.32. The van der Waals surface area contributed by atoms with Gasteiger partial charge in [-0.2, -0.15) is 5.26 Å². The summed E-state index contributed by atoms with van der Waals surface area (Å²) in [4.78, 5) is 7.69. The van der Waals surface area contributed by atoms with Crippen LogP contribution in [0.1, 0.15) is 5.56 Å². The summed E-state index contributed by atoms with van der Waals surface area (Å²) in [6.07, 6.45) is 1.28. The molecular formula is C11H6Cl2N4. The maximum atomic E-state index is 8.96. The third kappa shape index (κ3) is 2.47. The molecule has 1 heterocycles. The number of benzene rings is 1. The van der Waals surface area contributed by atoms with Gasteiger partial charge in [-0.05, 0) is 12.1 Å². The van der Waals surface area contributed by atoms with Crippen LogP contribution in [0.4, 0.5) is 11.5 Å². The number of hydrogen-bond donors (Lipinski definition) is 1. The number of hydrogen-bond acceptors (Lipinski definition) is 4. The van der Waals surface area contributed by atoms with Gasteiger partial charge in [0.2, 0.25) is 0 Å². The molecule has 2 rings (SSSR count). The molecule has 1 aromatic heterocycles. The summed E-state index contributed by atoms with van der Waals surface area (Å²) in [5, 5.41) is 12.5. The van der Waals surface area contributed by atoms with E-state index >= 15 is 0 Å². The second-order valence-corrected chi connectivity index (χ2v) is 3.87. The van der Waals surface area contributed by atoms with Crippen molar-refractivity contribution in [3.63, 3.8) is 0 Å². The third-order valence-electron chi connectivity index (χ3n) is 2.04. The molecule has 0 bridgehead atoms. The number of nitriles is 1. The van der Waals surface area contributed by atoms with E-state index in [9.17, 15) is 0 Å². The molecule has 4 nitrogen and oxygen atoms in total. The number of nitrogens with zero attached hydrogens (tertiary/aromatic N) is 3. The van der Waals surface area contributed by atoms with E-state index in [-0.39, 0.29) is 10.7 Å². The Hall–Kier alpha value is -1.83. The normalized spacial score (nSPS) is 9.71. The Morgan fingerprint density at radius 1 is 1.18 bits per heavy atom. The highest BCUT2D eigenvalue weighted by Crippen LogP contribution is 2.27. The van der Waals surface area contributed by atoms with Gasteiger partial charge >= 0.3 is 0 Å². The maximum absolute atomic E-state index is 8.96. The second-order valence-electron chi connectivity index (χ2n) is 3.10. The average molecular weight is 265 g/mol. The van der Waals surface area contributed by atoms with Crippen LogP contribution in [0.2, 0.25) is 10.2 Å². The summed E-state index contributed by atoms with van der Waals surface area (Å²) in [6.45, 7) is 0. The third-order valence-corrected chi connectivity index (χ3v) is 2.66. The predicted molar refractivity (Wildman–Crippen MR) is 66.5 cm³/mol. The molecule has 1 N–H and O–H groups in total. The predicted octanol–water partition coefficient (Wildman–Crippen LogP) is 3.40. The number of anilines is 2. The summed E-state index contributed by atoms with van der Waals surface area (Å²) < 4.78 is 0. The lowest BCUT2D eigenvalue weighted by atomic mass is 10.3. The molecule has 0 aliphatic heterocycles. The Labute approximate surface area is 108 Å². The van der Waals surface area contributed by atoms with Crippen molar-refractivity contribution in [3.05, 3.63) is 46.3 Å². The van der Waals surface area contributed by atoms with Gasteiger partial charge in [-0.3, -0.25) is 0 Å². The number of para-hydroxylation sites is 1. The van der Waals surface area contributed by atoms with Gasteiger partial charge < -0.3 is 5.32 Å². The Morgan fingerprint density at radius 2 is 1.94 bits per heavy atom. The van der Waals surface area contributed by atoms with Crippen molar-refractivity contribution in [2.45, 2.75) is 0 Å². The van der Waals surface area contributed by atoms with Gasteiger partial charge in [-0.1, -0.05) is 35.3 Å². The highest BCUT2D eigenvalue weighted by molar-refractivity contribution is 6.33. The first-order chi connectivity index (χ1) is 8.22. The maximum Gasteiger partial charge on any atom is 0.153 e. The molecule has 0 radical (unpaired) electrons. The molecule has 0 fully saturated rings. The van der Waals surface area contributed by atoms with E-state index in [1.165, 1.54) is 6.33 Å². The first-order valence-corrected chi connectivity index (χ1v) is 5.40. The van der Waals surface area contributed by atoms with Gasteiger partial charge in [0.1, 0.15) is 18.0 Å². The van der Waals surface area contributed by atoms with Crippen LogP contribution in [-0.4, -0.2) is 9.97 Å².